The molecule has 0 N–H and O–H groups in total. The third-order valence-electron chi connectivity index (χ3n) is 3.88. The van der Waals surface area contributed by atoms with Gasteiger partial charge in [-0.2, -0.15) is 12.6 Å². The van der Waals surface area contributed by atoms with Crippen LogP contribution in [0.15, 0.2) is 36.7 Å². The first-order chi connectivity index (χ1) is 9.34. The van der Waals surface area contributed by atoms with Crippen LogP contribution < -0.4 is 4.90 Å². The van der Waals surface area contributed by atoms with E-state index in [2.05, 4.69) is 46.8 Å². The van der Waals surface area contributed by atoms with Gasteiger partial charge in [-0.15, -0.1) is 0 Å². The molecule has 2 aliphatic rings. The maximum Gasteiger partial charge on any atom is 0.0632 e. The Morgan fingerprint density at radius 1 is 1.21 bits per heavy atom. The summed E-state index contributed by atoms with van der Waals surface area (Å²) in [6.07, 6.45) is 15.5. The van der Waals surface area contributed by atoms with E-state index in [4.69, 9.17) is 0 Å². The van der Waals surface area contributed by atoms with Gasteiger partial charge in [-0.25, -0.2) is 0 Å². The fraction of sp³-hybridized carbons (Fsp3) is 0.438. The molecule has 1 aliphatic carbocycles. The highest BCUT2D eigenvalue weighted by molar-refractivity contribution is 7.81. The molecule has 2 nitrogen and oxygen atoms in total. The highest BCUT2D eigenvalue weighted by atomic mass is 32.1. The summed E-state index contributed by atoms with van der Waals surface area (Å²) in [7, 11) is 0. The summed E-state index contributed by atoms with van der Waals surface area (Å²) in [4.78, 5) is 6.80. The lowest BCUT2D eigenvalue weighted by Gasteiger charge is -2.30. The molecule has 1 atom stereocenters. The smallest absolute Gasteiger partial charge is 0.0632 e. The van der Waals surface area contributed by atoms with E-state index in [1.165, 1.54) is 36.1 Å². The lowest BCUT2D eigenvalue weighted by Crippen LogP contribution is -2.30. The van der Waals surface area contributed by atoms with Crippen molar-refractivity contribution in [3.63, 3.8) is 0 Å². The summed E-state index contributed by atoms with van der Waals surface area (Å²) in [5.41, 5.74) is 3.91. The minimum Gasteiger partial charge on any atom is -0.370 e. The third-order valence-corrected chi connectivity index (χ3v) is 4.27. The Morgan fingerprint density at radius 3 is 2.79 bits per heavy atom. The lowest BCUT2D eigenvalue weighted by atomic mass is 9.98. The predicted molar refractivity (Wildman–Crippen MR) is 84.8 cm³/mol. The van der Waals surface area contributed by atoms with Gasteiger partial charge in [0.25, 0.3) is 0 Å². The molecule has 1 aliphatic heterocycles. The van der Waals surface area contributed by atoms with Crippen LogP contribution in [0.1, 0.15) is 31.2 Å². The number of hydrogen-bond acceptors (Lipinski definition) is 3. The van der Waals surface area contributed by atoms with E-state index >= 15 is 0 Å². The molecule has 19 heavy (non-hydrogen) atoms. The largest absolute Gasteiger partial charge is 0.370 e. The van der Waals surface area contributed by atoms with Crippen LogP contribution in [0.2, 0.25) is 0 Å². The Balaban J connectivity index is 1.91. The summed E-state index contributed by atoms with van der Waals surface area (Å²) in [6, 6.07) is 2.14. The molecule has 0 amide bonds. The molecule has 100 valence electrons. The first-order valence-corrected chi connectivity index (χ1v) is 7.62. The molecule has 1 unspecified atom stereocenters. The van der Waals surface area contributed by atoms with Gasteiger partial charge < -0.3 is 4.90 Å². The van der Waals surface area contributed by atoms with Crippen molar-refractivity contribution in [2.24, 2.45) is 0 Å². The van der Waals surface area contributed by atoms with Crippen LogP contribution in [0.5, 0.6) is 0 Å². The number of nitrogens with zero attached hydrogens (tertiary/aromatic N) is 2. The monoisotopic (exact) mass is 272 g/mol. The van der Waals surface area contributed by atoms with Crippen molar-refractivity contribution in [1.82, 2.24) is 4.98 Å². The van der Waals surface area contributed by atoms with Crippen molar-refractivity contribution >= 4 is 23.9 Å². The zero-order valence-corrected chi connectivity index (χ0v) is 12.0. The molecule has 0 spiro atoms. The van der Waals surface area contributed by atoms with Crippen LogP contribution >= 0.6 is 12.6 Å². The molecule has 0 aromatic carbocycles. The molecule has 2 heterocycles. The Labute approximate surface area is 120 Å². The van der Waals surface area contributed by atoms with E-state index in [9.17, 15) is 0 Å². The lowest BCUT2D eigenvalue weighted by molar-refractivity contribution is 0.577. The van der Waals surface area contributed by atoms with Crippen LogP contribution in [-0.2, 0) is 0 Å². The Hall–Kier alpha value is -1.22. The minimum absolute atomic E-state index is 0.365. The molecule has 3 rings (SSSR count). The Kier molecular flexibility index (Phi) is 3.92. The van der Waals surface area contributed by atoms with Crippen LogP contribution in [0, 0.1) is 0 Å². The van der Waals surface area contributed by atoms with Crippen molar-refractivity contribution < 1.29 is 0 Å². The van der Waals surface area contributed by atoms with Gasteiger partial charge in [0, 0.05) is 30.1 Å². The van der Waals surface area contributed by atoms with Gasteiger partial charge in [0.1, 0.15) is 0 Å². The third kappa shape index (κ3) is 2.86. The Morgan fingerprint density at radius 2 is 2.05 bits per heavy atom. The average molecular weight is 272 g/mol. The van der Waals surface area contributed by atoms with Gasteiger partial charge in [-0.05, 0) is 37.3 Å². The number of rotatable bonds is 2. The summed E-state index contributed by atoms with van der Waals surface area (Å²) in [6.45, 7) is 2.32. The van der Waals surface area contributed by atoms with Gasteiger partial charge in [0.2, 0.25) is 0 Å². The fourth-order valence-corrected chi connectivity index (χ4v) is 3.02. The van der Waals surface area contributed by atoms with Crippen LogP contribution in [-0.4, -0.2) is 23.3 Å². The van der Waals surface area contributed by atoms with Crippen LogP contribution in [0.25, 0.3) is 5.57 Å². The van der Waals surface area contributed by atoms with Crippen molar-refractivity contribution in [2.45, 2.75) is 30.9 Å². The highest BCUT2D eigenvalue weighted by Gasteiger charge is 2.16. The first kappa shape index (κ1) is 12.8. The molecule has 0 radical (unpaired) electrons. The molecule has 1 aromatic rings. The number of hydrogen-bond donors (Lipinski definition) is 1. The van der Waals surface area contributed by atoms with Crippen LogP contribution in [0.4, 0.5) is 5.69 Å². The van der Waals surface area contributed by atoms with E-state index in [0.717, 1.165) is 19.5 Å². The topological polar surface area (TPSA) is 16.1 Å². The summed E-state index contributed by atoms with van der Waals surface area (Å²) < 4.78 is 0. The van der Waals surface area contributed by atoms with E-state index in [1.54, 1.807) is 0 Å². The number of piperidine rings is 1. The van der Waals surface area contributed by atoms with Gasteiger partial charge in [-0.1, -0.05) is 18.2 Å². The van der Waals surface area contributed by atoms with E-state index in [1.807, 2.05) is 12.4 Å². The summed E-state index contributed by atoms with van der Waals surface area (Å²) in [5, 5.41) is 0.365. The number of anilines is 1. The predicted octanol–water partition coefficient (Wildman–Crippen LogP) is 3.71. The number of pyridine rings is 1. The quantitative estimate of drug-likeness (QED) is 0.826. The number of aromatic nitrogens is 1. The normalized spacial score (nSPS) is 23.3. The first-order valence-electron chi connectivity index (χ1n) is 7.10. The zero-order valence-electron chi connectivity index (χ0n) is 11.1. The van der Waals surface area contributed by atoms with E-state index in [-0.39, 0.29) is 0 Å². The molecule has 1 aromatic heterocycles. The van der Waals surface area contributed by atoms with Crippen LogP contribution in [0.3, 0.4) is 0 Å². The van der Waals surface area contributed by atoms with Crippen molar-refractivity contribution in [3.8, 4) is 0 Å². The van der Waals surface area contributed by atoms with Gasteiger partial charge >= 0.3 is 0 Å². The molecule has 0 bridgehead atoms. The maximum absolute atomic E-state index is 4.49. The molecular weight excluding hydrogens is 252 g/mol. The van der Waals surface area contributed by atoms with Crippen molar-refractivity contribution in [3.05, 3.63) is 42.3 Å². The number of allylic oxidation sites excluding steroid dienone is 3. The SMILES string of the molecule is SC1C=CC(c2ccncc2N2CCCCC2)=CC1. The molecule has 1 fully saturated rings. The molecule has 1 saturated heterocycles. The summed E-state index contributed by atoms with van der Waals surface area (Å²) in [5.74, 6) is 0. The molecular formula is C16H20N2S. The molecule has 0 saturated carbocycles. The zero-order chi connectivity index (χ0) is 13.1. The average Bonchev–Trinajstić information content (AvgIpc) is 2.49. The van der Waals surface area contributed by atoms with Gasteiger partial charge in [0.05, 0.1) is 11.9 Å². The van der Waals surface area contributed by atoms with Gasteiger partial charge in [-0.3, -0.25) is 4.98 Å². The van der Waals surface area contributed by atoms with Gasteiger partial charge in [0.15, 0.2) is 0 Å². The maximum atomic E-state index is 4.49. The standard InChI is InChI=1S/C16H20N2S/c19-14-6-4-13(5-7-14)15-8-9-17-12-16(15)18-10-2-1-3-11-18/h4-6,8-9,12,14,19H,1-3,7,10-11H2. The fourth-order valence-electron chi connectivity index (χ4n) is 2.83. The Bertz CT molecular complexity index is 501. The number of thiol groups is 1. The van der Waals surface area contributed by atoms with E-state index in [0.29, 0.717) is 5.25 Å². The second-order valence-corrected chi connectivity index (χ2v) is 5.93. The molecule has 3 heteroatoms. The van der Waals surface area contributed by atoms with E-state index < -0.39 is 0 Å². The minimum atomic E-state index is 0.365. The van der Waals surface area contributed by atoms with Crippen molar-refractivity contribution in [2.75, 3.05) is 18.0 Å². The highest BCUT2D eigenvalue weighted by Crippen LogP contribution is 2.31. The second-order valence-electron chi connectivity index (χ2n) is 5.26. The second kappa shape index (κ2) is 5.83. The van der Waals surface area contributed by atoms with Crippen molar-refractivity contribution in [1.29, 1.82) is 0 Å². The summed E-state index contributed by atoms with van der Waals surface area (Å²) >= 11 is 4.49.